The van der Waals surface area contributed by atoms with Gasteiger partial charge in [0.1, 0.15) is 11.3 Å². The Kier molecular flexibility index (Phi) is 6.23. The fraction of sp³-hybridized carbons (Fsp3) is 0.250. The molecule has 2 heterocycles. The SMILES string of the molecule is CCn1c(=O)n(CCCO)c(=O)c2c1cc(Oc1ccccc1O)n2Cc1ccc(O)cc1. The van der Waals surface area contributed by atoms with Crippen LogP contribution in [-0.4, -0.2) is 35.6 Å². The number of nitrogens with zero attached hydrogens (tertiary/aromatic N) is 3. The zero-order valence-electron chi connectivity index (χ0n) is 18.1. The smallest absolute Gasteiger partial charge is 0.331 e. The van der Waals surface area contributed by atoms with Gasteiger partial charge in [-0.2, -0.15) is 0 Å². The molecule has 0 amide bonds. The Hall–Kier alpha value is -3.98. The number of hydrogen-bond acceptors (Lipinski definition) is 6. The summed E-state index contributed by atoms with van der Waals surface area (Å²) in [6.45, 7) is 2.30. The molecule has 4 aromatic rings. The molecule has 0 aliphatic rings. The first kappa shape index (κ1) is 22.2. The minimum Gasteiger partial charge on any atom is -0.508 e. The number of aromatic nitrogens is 3. The molecule has 3 N–H and O–H groups in total. The van der Waals surface area contributed by atoms with Crippen LogP contribution in [0.4, 0.5) is 0 Å². The van der Waals surface area contributed by atoms with Crippen LogP contribution in [0.3, 0.4) is 0 Å². The number of rotatable bonds is 8. The average molecular weight is 451 g/mol. The Morgan fingerprint density at radius 1 is 0.939 bits per heavy atom. The van der Waals surface area contributed by atoms with E-state index in [1.54, 1.807) is 53.1 Å². The molecule has 0 spiro atoms. The molecule has 0 radical (unpaired) electrons. The maximum absolute atomic E-state index is 13.4. The summed E-state index contributed by atoms with van der Waals surface area (Å²) in [4.78, 5) is 26.4. The molecular weight excluding hydrogens is 426 g/mol. The minimum atomic E-state index is -0.487. The highest BCUT2D eigenvalue weighted by molar-refractivity contribution is 5.78. The summed E-state index contributed by atoms with van der Waals surface area (Å²) in [5.41, 5.74) is 0.534. The Morgan fingerprint density at radius 3 is 2.33 bits per heavy atom. The number of para-hydroxylation sites is 2. The van der Waals surface area contributed by atoms with Crippen molar-refractivity contribution in [2.75, 3.05) is 6.61 Å². The van der Waals surface area contributed by atoms with Gasteiger partial charge >= 0.3 is 5.69 Å². The molecule has 0 aliphatic carbocycles. The second kappa shape index (κ2) is 9.25. The van der Waals surface area contributed by atoms with E-state index in [0.29, 0.717) is 12.1 Å². The summed E-state index contributed by atoms with van der Waals surface area (Å²) in [7, 11) is 0. The van der Waals surface area contributed by atoms with Crippen molar-refractivity contribution in [1.82, 2.24) is 13.7 Å². The van der Waals surface area contributed by atoms with Crippen LogP contribution in [-0.2, 0) is 19.6 Å². The van der Waals surface area contributed by atoms with Crippen molar-refractivity contribution in [2.45, 2.75) is 33.0 Å². The number of aliphatic hydroxyl groups excluding tert-OH is 1. The monoisotopic (exact) mass is 451 g/mol. The number of phenolic OH excluding ortho intramolecular Hbond substituents is 2. The minimum absolute atomic E-state index is 0.0628. The third-order valence-electron chi connectivity index (χ3n) is 5.45. The lowest BCUT2D eigenvalue weighted by atomic mass is 10.2. The third kappa shape index (κ3) is 4.22. The van der Waals surface area contributed by atoms with E-state index in [0.717, 1.165) is 10.1 Å². The van der Waals surface area contributed by atoms with Crippen molar-refractivity contribution >= 4 is 11.0 Å². The Morgan fingerprint density at radius 2 is 1.67 bits per heavy atom. The lowest BCUT2D eigenvalue weighted by Gasteiger charge is -2.14. The van der Waals surface area contributed by atoms with E-state index >= 15 is 0 Å². The summed E-state index contributed by atoms with van der Waals surface area (Å²) in [6.07, 6.45) is 0.268. The summed E-state index contributed by atoms with van der Waals surface area (Å²) in [5.74, 6) is 0.539. The predicted molar refractivity (Wildman–Crippen MR) is 123 cm³/mol. The molecule has 0 atom stereocenters. The quantitative estimate of drug-likeness (QED) is 0.379. The predicted octanol–water partition coefficient (Wildman–Crippen LogP) is 2.62. The Balaban J connectivity index is 1.97. The number of hydrogen-bond donors (Lipinski definition) is 3. The highest BCUT2D eigenvalue weighted by atomic mass is 16.5. The van der Waals surface area contributed by atoms with Gasteiger partial charge in [-0.15, -0.1) is 0 Å². The molecule has 2 aromatic carbocycles. The molecule has 9 heteroatoms. The topological polar surface area (TPSA) is 119 Å². The van der Waals surface area contributed by atoms with Crippen LogP contribution >= 0.6 is 0 Å². The lowest BCUT2D eigenvalue weighted by molar-refractivity contribution is 0.277. The highest BCUT2D eigenvalue weighted by Crippen LogP contribution is 2.33. The van der Waals surface area contributed by atoms with Gasteiger partial charge in [-0.1, -0.05) is 24.3 Å². The van der Waals surface area contributed by atoms with Crippen molar-refractivity contribution in [2.24, 2.45) is 0 Å². The van der Waals surface area contributed by atoms with Gasteiger partial charge in [-0.05, 0) is 43.2 Å². The number of aromatic hydroxyl groups is 2. The van der Waals surface area contributed by atoms with Crippen molar-refractivity contribution in [1.29, 1.82) is 0 Å². The standard InChI is InChI=1S/C24H25N3O6/c1-2-25-18-14-21(33-20-7-4-3-6-19(20)30)27(15-16-8-10-17(29)11-9-16)22(18)23(31)26(24(25)32)12-5-13-28/h3-4,6-11,14,28-30H,2,5,12-13,15H2,1H3. The van der Waals surface area contributed by atoms with Crippen molar-refractivity contribution in [3.63, 3.8) is 0 Å². The fourth-order valence-electron chi connectivity index (χ4n) is 3.82. The average Bonchev–Trinajstić information content (AvgIpc) is 3.15. The number of benzene rings is 2. The first-order valence-corrected chi connectivity index (χ1v) is 10.7. The maximum Gasteiger partial charge on any atom is 0.331 e. The van der Waals surface area contributed by atoms with Gasteiger partial charge in [0.25, 0.3) is 5.56 Å². The maximum atomic E-state index is 13.4. The number of aryl methyl sites for hydroxylation is 1. The molecule has 0 saturated heterocycles. The third-order valence-corrected chi connectivity index (χ3v) is 5.45. The van der Waals surface area contributed by atoms with Gasteiger partial charge in [0, 0.05) is 25.8 Å². The highest BCUT2D eigenvalue weighted by Gasteiger charge is 2.21. The van der Waals surface area contributed by atoms with Crippen LogP contribution in [0.1, 0.15) is 18.9 Å². The van der Waals surface area contributed by atoms with Crippen molar-refractivity contribution < 1.29 is 20.1 Å². The number of fused-ring (bicyclic) bond motifs is 1. The van der Waals surface area contributed by atoms with Crippen molar-refractivity contribution in [3.8, 4) is 23.1 Å². The zero-order chi connectivity index (χ0) is 23.5. The van der Waals surface area contributed by atoms with E-state index in [-0.39, 0.29) is 54.8 Å². The van der Waals surface area contributed by atoms with Crippen LogP contribution in [0, 0.1) is 0 Å². The van der Waals surface area contributed by atoms with E-state index in [9.17, 15) is 24.9 Å². The number of aliphatic hydroxyl groups is 1. The molecule has 172 valence electrons. The first-order chi connectivity index (χ1) is 15.9. The second-order valence-corrected chi connectivity index (χ2v) is 7.60. The lowest BCUT2D eigenvalue weighted by Crippen LogP contribution is -2.40. The summed E-state index contributed by atoms with van der Waals surface area (Å²) >= 11 is 0. The number of ether oxygens (including phenoxy) is 1. The second-order valence-electron chi connectivity index (χ2n) is 7.60. The van der Waals surface area contributed by atoms with E-state index in [1.165, 1.54) is 10.6 Å². The van der Waals surface area contributed by atoms with Crippen LogP contribution in [0.15, 0.2) is 64.2 Å². The molecule has 2 aromatic heterocycles. The van der Waals surface area contributed by atoms with Gasteiger partial charge in [-0.3, -0.25) is 13.9 Å². The van der Waals surface area contributed by atoms with E-state index in [2.05, 4.69) is 0 Å². The molecule has 0 unspecified atom stereocenters. The van der Waals surface area contributed by atoms with Gasteiger partial charge in [0.2, 0.25) is 5.88 Å². The summed E-state index contributed by atoms with van der Waals surface area (Å²) < 4.78 is 10.3. The number of phenols is 2. The molecule has 0 aliphatic heterocycles. The van der Waals surface area contributed by atoms with Gasteiger partial charge in [-0.25, -0.2) is 4.79 Å². The molecular formula is C24H25N3O6. The van der Waals surface area contributed by atoms with Gasteiger partial charge in [0.05, 0.1) is 12.1 Å². The van der Waals surface area contributed by atoms with E-state index < -0.39 is 11.2 Å². The molecule has 33 heavy (non-hydrogen) atoms. The summed E-state index contributed by atoms with van der Waals surface area (Å²) in [5, 5.41) is 29.0. The molecule has 4 rings (SSSR count). The largest absolute Gasteiger partial charge is 0.508 e. The van der Waals surface area contributed by atoms with E-state index in [1.807, 2.05) is 6.92 Å². The van der Waals surface area contributed by atoms with Gasteiger partial charge in [0.15, 0.2) is 11.5 Å². The van der Waals surface area contributed by atoms with Crippen LogP contribution in [0.5, 0.6) is 23.1 Å². The van der Waals surface area contributed by atoms with Gasteiger partial charge < -0.3 is 24.6 Å². The zero-order valence-corrected chi connectivity index (χ0v) is 18.1. The molecule has 0 bridgehead atoms. The van der Waals surface area contributed by atoms with Crippen molar-refractivity contribution in [3.05, 3.63) is 81.0 Å². The molecule has 0 fully saturated rings. The molecule has 0 saturated carbocycles. The van der Waals surface area contributed by atoms with Crippen LogP contribution in [0.2, 0.25) is 0 Å². The molecule has 9 nitrogen and oxygen atoms in total. The first-order valence-electron chi connectivity index (χ1n) is 10.7. The fourth-order valence-corrected chi connectivity index (χ4v) is 3.82. The Bertz CT molecular complexity index is 1400. The Labute approximate surface area is 189 Å². The van der Waals surface area contributed by atoms with E-state index in [4.69, 9.17) is 4.74 Å². The normalized spacial score (nSPS) is 11.2. The summed E-state index contributed by atoms with van der Waals surface area (Å²) in [6, 6.07) is 14.6. The van der Waals surface area contributed by atoms with Crippen LogP contribution in [0.25, 0.3) is 11.0 Å². The van der Waals surface area contributed by atoms with Crippen LogP contribution < -0.4 is 16.0 Å².